The van der Waals surface area contributed by atoms with E-state index in [4.69, 9.17) is 0 Å². The Morgan fingerprint density at radius 3 is 2.67 bits per heavy atom. The van der Waals surface area contributed by atoms with E-state index < -0.39 is 11.2 Å². The largest absolute Gasteiger partial charge is 0.343 e. The lowest BCUT2D eigenvalue weighted by atomic mass is 10.2. The molecule has 0 radical (unpaired) electrons. The molecule has 1 aromatic heterocycles. The first-order valence-corrected chi connectivity index (χ1v) is 8.38. The normalized spacial score (nSPS) is 11.8. The van der Waals surface area contributed by atoms with Crippen molar-refractivity contribution in [2.75, 3.05) is 0 Å². The summed E-state index contributed by atoms with van der Waals surface area (Å²) in [6, 6.07) is 8.56. The lowest BCUT2D eigenvalue weighted by Gasteiger charge is -2.12. The maximum Gasteiger partial charge on any atom is 0.343 e. The van der Waals surface area contributed by atoms with Crippen LogP contribution in [-0.4, -0.2) is 31.8 Å². The summed E-state index contributed by atoms with van der Waals surface area (Å²) in [5, 5.41) is 6.20. The summed E-state index contributed by atoms with van der Waals surface area (Å²) in [4.78, 5) is 35.6. The number of hydrogen-bond acceptors (Lipinski definition) is 5. The van der Waals surface area contributed by atoms with Gasteiger partial charge in [0.05, 0.1) is 5.25 Å². The van der Waals surface area contributed by atoms with Gasteiger partial charge in [0.25, 0.3) is 11.8 Å². The van der Waals surface area contributed by atoms with Gasteiger partial charge in [-0.25, -0.2) is 9.89 Å². The van der Waals surface area contributed by atoms with Gasteiger partial charge in [0.2, 0.25) is 0 Å². The molecule has 0 fully saturated rings. The third-order valence-corrected chi connectivity index (χ3v) is 4.25. The van der Waals surface area contributed by atoms with Crippen molar-refractivity contribution >= 4 is 23.6 Å². The number of amides is 2. The fourth-order valence-electron chi connectivity index (χ4n) is 1.91. The van der Waals surface area contributed by atoms with E-state index >= 15 is 0 Å². The molecule has 0 aliphatic carbocycles. The first-order chi connectivity index (χ1) is 11.5. The average Bonchev–Trinajstić information content (AvgIpc) is 2.93. The van der Waals surface area contributed by atoms with E-state index in [2.05, 4.69) is 21.0 Å². The predicted octanol–water partition coefficient (Wildman–Crippen LogP) is 0.923. The zero-order chi connectivity index (χ0) is 17.5. The van der Waals surface area contributed by atoms with Crippen molar-refractivity contribution in [1.82, 2.24) is 25.6 Å². The van der Waals surface area contributed by atoms with Crippen molar-refractivity contribution in [2.24, 2.45) is 0 Å². The Bertz CT molecular complexity index is 756. The van der Waals surface area contributed by atoms with E-state index in [1.165, 1.54) is 4.57 Å². The lowest BCUT2D eigenvalue weighted by molar-refractivity contribution is -0.121. The highest BCUT2D eigenvalue weighted by atomic mass is 32.2. The maximum atomic E-state index is 12.1. The van der Waals surface area contributed by atoms with Gasteiger partial charge in [-0.2, -0.15) is 0 Å². The van der Waals surface area contributed by atoms with E-state index in [0.717, 1.165) is 18.2 Å². The van der Waals surface area contributed by atoms with Crippen molar-refractivity contribution in [1.29, 1.82) is 0 Å². The molecule has 2 aromatic rings. The van der Waals surface area contributed by atoms with Gasteiger partial charge < -0.3 is 0 Å². The highest BCUT2D eigenvalue weighted by Crippen LogP contribution is 2.19. The number of benzene rings is 1. The van der Waals surface area contributed by atoms with Gasteiger partial charge in [-0.15, -0.1) is 5.10 Å². The predicted molar refractivity (Wildman–Crippen MR) is 90.5 cm³/mol. The molecule has 2 rings (SSSR count). The summed E-state index contributed by atoms with van der Waals surface area (Å²) in [6.45, 7) is 4.14. The van der Waals surface area contributed by atoms with Crippen LogP contribution in [0.4, 0.5) is 0 Å². The summed E-state index contributed by atoms with van der Waals surface area (Å²) in [6.07, 6.45) is 0.778. The SMILES string of the molecule is CCCn1c(S[C@H](C)C(=O)NNC(=O)c2ccccc2)n[nH]c1=O. The third kappa shape index (κ3) is 4.48. The molecule has 1 aromatic carbocycles. The van der Waals surface area contributed by atoms with Crippen LogP contribution in [0, 0.1) is 0 Å². The summed E-state index contributed by atoms with van der Waals surface area (Å²) in [5.41, 5.74) is 4.88. The number of H-pyrrole nitrogens is 1. The zero-order valence-electron chi connectivity index (χ0n) is 13.4. The molecule has 128 valence electrons. The Morgan fingerprint density at radius 2 is 2.00 bits per heavy atom. The van der Waals surface area contributed by atoms with Crippen LogP contribution in [0.3, 0.4) is 0 Å². The Labute approximate surface area is 143 Å². The van der Waals surface area contributed by atoms with Crippen LogP contribution in [0.15, 0.2) is 40.3 Å². The van der Waals surface area contributed by atoms with Gasteiger partial charge in [0, 0.05) is 12.1 Å². The molecule has 0 saturated heterocycles. The zero-order valence-corrected chi connectivity index (χ0v) is 14.2. The molecule has 1 atom stereocenters. The first-order valence-electron chi connectivity index (χ1n) is 7.50. The second-order valence-electron chi connectivity index (χ2n) is 5.03. The number of carbonyl (C=O) groups excluding carboxylic acids is 2. The summed E-state index contributed by atoms with van der Waals surface area (Å²) in [7, 11) is 0. The van der Waals surface area contributed by atoms with Crippen molar-refractivity contribution in [3.63, 3.8) is 0 Å². The smallest absolute Gasteiger partial charge is 0.272 e. The van der Waals surface area contributed by atoms with Gasteiger partial charge in [-0.1, -0.05) is 36.9 Å². The van der Waals surface area contributed by atoms with Crippen molar-refractivity contribution < 1.29 is 9.59 Å². The average molecular weight is 349 g/mol. The summed E-state index contributed by atoms with van der Waals surface area (Å²) >= 11 is 1.14. The summed E-state index contributed by atoms with van der Waals surface area (Å²) < 4.78 is 1.48. The number of thioether (sulfide) groups is 1. The van der Waals surface area contributed by atoms with Crippen LogP contribution in [0.25, 0.3) is 0 Å². The van der Waals surface area contributed by atoms with E-state index in [-0.39, 0.29) is 11.6 Å². The fraction of sp³-hybridized carbons (Fsp3) is 0.333. The number of hydrazine groups is 1. The highest BCUT2D eigenvalue weighted by molar-refractivity contribution is 8.00. The molecule has 3 N–H and O–H groups in total. The van der Waals surface area contributed by atoms with E-state index in [1.54, 1.807) is 37.3 Å². The number of carbonyl (C=O) groups is 2. The van der Waals surface area contributed by atoms with Crippen molar-refractivity contribution in [3.8, 4) is 0 Å². The molecular weight excluding hydrogens is 330 g/mol. The third-order valence-electron chi connectivity index (χ3n) is 3.16. The van der Waals surface area contributed by atoms with Crippen LogP contribution in [0.2, 0.25) is 0 Å². The number of nitrogens with zero attached hydrogens (tertiary/aromatic N) is 2. The van der Waals surface area contributed by atoms with Gasteiger partial charge >= 0.3 is 5.69 Å². The Morgan fingerprint density at radius 1 is 1.29 bits per heavy atom. The topological polar surface area (TPSA) is 109 Å². The highest BCUT2D eigenvalue weighted by Gasteiger charge is 2.19. The van der Waals surface area contributed by atoms with E-state index in [1.807, 2.05) is 6.92 Å². The number of rotatable bonds is 6. The number of aromatic amines is 1. The molecule has 0 bridgehead atoms. The molecule has 0 spiro atoms. The lowest BCUT2D eigenvalue weighted by Crippen LogP contribution is -2.45. The van der Waals surface area contributed by atoms with E-state index in [9.17, 15) is 14.4 Å². The van der Waals surface area contributed by atoms with E-state index in [0.29, 0.717) is 17.3 Å². The Hall–Kier alpha value is -2.55. The van der Waals surface area contributed by atoms with Crippen LogP contribution >= 0.6 is 11.8 Å². The standard InChI is InChI=1S/C15H19N5O3S/c1-3-9-20-14(23)18-19-15(20)24-10(2)12(21)16-17-13(22)11-7-5-4-6-8-11/h4-8,10H,3,9H2,1-2H3,(H,16,21)(H,17,22)(H,18,23)/t10-/m1/s1. The second-order valence-corrected chi connectivity index (χ2v) is 6.34. The Kier molecular flexibility index (Phi) is 6.19. The molecule has 0 saturated carbocycles. The maximum absolute atomic E-state index is 12.1. The van der Waals surface area contributed by atoms with Gasteiger partial charge in [-0.3, -0.25) is 25.0 Å². The molecule has 0 aliphatic heterocycles. The molecule has 0 aliphatic rings. The Balaban J connectivity index is 1.91. The molecular formula is C15H19N5O3S. The minimum Gasteiger partial charge on any atom is -0.272 e. The fourth-order valence-corrected chi connectivity index (χ4v) is 2.79. The number of aromatic nitrogens is 3. The van der Waals surface area contributed by atoms with Gasteiger partial charge in [-0.05, 0) is 25.5 Å². The number of hydrogen-bond donors (Lipinski definition) is 3. The molecule has 24 heavy (non-hydrogen) atoms. The van der Waals surface area contributed by atoms with Crippen molar-refractivity contribution in [3.05, 3.63) is 46.4 Å². The van der Waals surface area contributed by atoms with Crippen LogP contribution in [0.1, 0.15) is 30.6 Å². The van der Waals surface area contributed by atoms with Crippen molar-refractivity contribution in [2.45, 2.75) is 37.2 Å². The number of nitrogens with one attached hydrogen (secondary N) is 3. The first kappa shape index (κ1) is 17.8. The van der Waals surface area contributed by atoms with Gasteiger partial charge in [0.15, 0.2) is 5.16 Å². The van der Waals surface area contributed by atoms with Crippen LogP contribution in [-0.2, 0) is 11.3 Å². The van der Waals surface area contributed by atoms with Gasteiger partial charge in [0.1, 0.15) is 0 Å². The second kappa shape index (κ2) is 8.34. The molecule has 2 amide bonds. The van der Waals surface area contributed by atoms with Crippen LogP contribution in [0.5, 0.6) is 0 Å². The monoisotopic (exact) mass is 349 g/mol. The quantitative estimate of drug-likeness (QED) is 0.531. The van der Waals surface area contributed by atoms with Crippen LogP contribution < -0.4 is 16.5 Å². The minimum absolute atomic E-state index is 0.302. The molecule has 1 heterocycles. The minimum atomic E-state index is -0.535. The molecule has 8 nitrogen and oxygen atoms in total. The molecule has 0 unspecified atom stereocenters. The summed E-state index contributed by atoms with van der Waals surface area (Å²) in [5.74, 6) is -0.786. The molecule has 9 heteroatoms.